The molecule has 0 unspecified atom stereocenters. The molecule has 0 radical (unpaired) electrons. The van der Waals surface area contributed by atoms with Gasteiger partial charge in [-0.15, -0.1) is 0 Å². The Morgan fingerprint density at radius 3 is 2.45 bits per heavy atom. The summed E-state index contributed by atoms with van der Waals surface area (Å²) in [6, 6.07) is 17.6. The first-order chi connectivity index (χ1) is 15.0. The quantitative estimate of drug-likeness (QED) is 0.288. The van der Waals surface area contributed by atoms with Crippen LogP contribution in [0, 0.1) is 10.1 Å². The lowest BCUT2D eigenvalue weighted by atomic mass is 10.2. The molecule has 3 aromatic carbocycles. The number of nitrogens with zero attached hydrogens (tertiary/aromatic N) is 1. The summed E-state index contributed by atoms with van der Waals surface area (Å²) in [5.41, 5.74) is -0.0631. The highest BCUT2D eigenvalue weighted by Crippen LogP contribution is 2.34. The van der Waals surface area contributed by atoms with Gasteiger partial charge in [-0.3, -0.25) is 14.9 Å². The first kappa shape index (κ1) is 21.9. The number of amides is 1. The summed E-state index contributed by atoms with van der Waals surface area (Å²) in [5, 5.41) is 14.2. The summed E-state index contributed by atoms with van der Waals surface area (Å²) in [5.74, 6) is 1.14. The molecule has 0 fully saturated rings. The van der Waals surface area contributed by atoms with Gasteiger partial charge in [0.2, 0.25) is 5.75 Å². The molecule has 0 atom stereocenters. The van der Waals surface area contributed by atoms with Crippen LogP contribution in [-0.4, -0.2) is 31.1 Å². The molecule has 31 heavy (non-hydrogen) atoms. The van der Waals surface area contributed by atoms with Crippen molar-refractivity contribution in [2.75, 3.05) is 20.3 Å². The van der Waals surface area contributed by atoms with Crippen LogP contribution >= 0.6 is 11.6 Å². The molecular weight excluding hydrogens is 424 g/mol. The Hall–Kier alpha value is -3.78. The molecule has 0 aromatic heterocycles. The average molecular weight is 443 g/mol. The topological polar surface area (TPSA) is 99.9 Å². The minimum Gasteiger partial charge on any atom is -0.497 e. The lowest BCUT2D eigenvalue weighted by Crippen LogP contribution is -2.28. The summed E-state index contributed by atoms with van der Waals surface area (Å²) in [7, 11) is 1.58. The lowest BCUT2D eigenvalue weighted by Gasteiger charge is -2.12. The van der Waals surface area contributed by atoms with E-state index in [2.05, 4.69) is 5.32 Å². The van der Waals surface area contributed by atoms with Crippen LogP contribution in [0.5, 0.6) is 23.0 Å². The number of hydrogen-bond acceptors (Lipinski definition) is 6. The predicted octanol–water partition coefficient (Wildman–Crippen LogP) is 4.86. The molecule has 8 nitrogen and oxygen atoms in total. The fraction of sp³-hybridized carbons (Fsp3) is 0.136. The van der Waals surface area contributed by atoms with Gasteiger partial charge in [0.05, 0.1) is 24.1 Å². The van der Waals surface area contributed by atoms with Crippen molar-refractivity contribution in [3.05, 3.63) is 87.4 Å². The molecule has 160 valence electrons. The Morgan fingerprint density at radius 2 is 1.74 bits per heavy atom. The van der Waals surface area contributed by atoms with Crippen molar-refractivity contribution in [1.29, 1.82) is 0 Å². The molecule has 0 aliphatic carbocycles. The van der Waals surface area contributed by atoms with Gasteiger partial charge >= 0.3 is 5.69 Å². The van der Waals surface area contributed by atoms with Gasteiger partial charge in [0.1, 0.15) is 23.9 Å². The van der Waals surface area contributed by atoms with Crippen LogP contribution in [0.1, 0.15) is 10.4 Å². The molecule has 0 spiro atoms. The smallest absolute Gasteiger partial charge is 0.313 e. The van der Waals surface area contributed by atoms with Crippen LogP contribution in [0.4, 0.5) is 5.69 Å². The van der Waals surface area contributed by atoms with Gasteiger partial charge in [-0.05, 0) is 48.5 Å². The van der Waals surface area contributed by atoms with E-state index in [1.807, 2.05) is 0 Å². The molecule has 0 aliphatic heterocycles. The molecular formula is C22H19ClN2O6. The number of rotatable bonds is 9. The van der Waals surface area contributed by atoms with Crippen LogP contribution < -0.4 is 19.5 Å². The van der Waals surface area contributed by atoms with Crippen molar-refractivity contribution in [3.8, 4) is 23.0 Å². The molecule has 0 heterocycles. The minimum absolute atomic E-state index is 0.0162. The Labute approximate surface area is 183 Å². The lowest BCUT2D eigenvalue weighted by molar-refractivity contribution is -0.385. The number of nitro benzene ring substituents is 1. The monoisotopic (exact) mass is 442 g/mol. The molecule has 1 amide bonds. The van der Waals surface area contributed by atoms with E-state index in [9.17, 15) is 14.9 Å². The number of nitrogens with one attached hydrogen (secondary N) is 1. The second kappa shape index (κ2) is 10.3. The number of carbonyl (C=O) groups excluding carboxylic acids is 1. The molecule has 0 saturated carbocycles. The fourth-order valence-corrected chi connectivity index (χ4v) is 2.85. The van der Waals surface area contributed by atoms with Crippen LogP contribution in [0.25, 0.3) is 0 Å². The van der Waals surface area contributed by atoms with E-state index in [0.717, 1.165) is 5.75 Å². The van der Waals surface area contributed by atoms with Gasteiger partial charge in [0, 0.05) is 11.1 Å². The summed E-state index contributed by atoms with van der Waals surface area (Å²) in [4.78, 5) is 23.3. The van der Waals surface area contributed by atoms with Gasteiger partial charge < -0.3 is 19.5 Å². The molecule has 0 bridgehead atoms. The Morgan fingerprint density at radius 1 is 1.03 bits per heavy atom. The number of nitro groups is 1. The van der Waals surface area contributed by atoms with Crippen LogP contribution in [0.15, 0.2) is 66.7 Å². The predicted molar refractivity (Wildman–Crippen MR) is 115 cm³/mol. The van der Waals surface area contributed by atoms with E-state index in [-0.39, 0.29) is 40.9 Å². The Bertz CT molecular complexity index is 1070. The van der Waals surface area contributed by atoms with E-state index in [1.54, 1.807) is 55.6 Å². The third kappa shape index (κ3) is 5.86. The molecule has 1 N–H and O–H groups in total. The summed E-state index contributed by atoms with van der Waals surface area (Å²) in [6.07, 6.45) is 0. The van der Waals surface area contributed by atoms with Crippen molar-refractivity contribution in [3.63, 3.8) is 0 Å². The Kier molecular flexibility index (Phi) is 7.29. The van der Waals surface area contributed by atoms with Gasteiger partial charge in [-0.1, -0.05) is 23.7 Å². The highest BCUT2D eigenvalue weighted by Gasteiger charge is 2.19. The van der Waals surface area contributed by atoms with Crippen LogP contribution in [0.3, 0.4) is 0 Å². The zero-order chi connectivity index (χ0) is 22.2. The largest absolute Gasteiger partial charge is 0.497 e. The van der Waals surface area contributed by atoms with Gasteiger partial charge in [0.25, 0.3) is 5.91 Å². The first-order valence-electron chi connectivity index (χ1n) is 9.24. The van der Waals surface area contributed by atoms with Gasteiger partial charge in [0.15, 0.2) is 0 Å². The normalized spacial score (nSPS) is 10.3. The number of methoxy groups -OCH3 is 1. The number of ether oxygens (including phenoxy) is 3. The van der Waals surface area contributed by atoms with Crippen LogP contribution in [0.2, 0.25) is 5.02 Å². The fourth-order valence-electron chi connectivity index (χ4n) is 2.68. The molecule has 3 rings (SSSR count). The molecule has 3 aromatic rings. The second-order valence-corrected chi connectivity index (χ2v) is 6.68. The van der Waals surface area contributed by atoms with Crippen molar-refractivity contribution >= 4 is 23.2 Å². The number of hydrogen-bond donors (Lipinski definition) is 1. The minimum atomic E-state index is -0.597. The third-order valence-electron chi connectivity index (χ3n) is 4.19. The second-order valence-electron chi connectivity index (χ2n) is 6.25. The van der Waals surface area contributed by atoms with E-state index >= 15 is 0 Å². The summed E-state index contributed by atoms with van der Waals surface area (Å²) in [6.45, 7) is 0.504. The van der Waals surface area contributed by atoms with E-state index in [4.69, 9.17) is 25.8 Å². The zero-order valence-electron chi connectivity index (χ0n) is 16.5. The maximum atomic E-state index is 12.6. The number of carbonyl (C=O) groups is 1. The number of para-hydroxylation sites is 1. The highest BCUT2D eigenvalue weighted by atomic mass is 35.5. The molecule has 0 saturated heterocycles. The van der Waals surface area contributed by atoms with E-state index in [1.165, 1.54) is 18.2 Å². The van der Waals surface area contributed by atoms with Crippen molar-refractivity contribution in [1.82, 2.24) is 5.32 Å². The maximum absolute atomic E-state index is 12.6. The standard InChI is InChI=1S/C22H19ClN2O6/c1-29-16-7-9-17(10-8-16)30-13-12-24-22(26)18-4-2-3-5-20(18)31-21-11-6-15(23)14-19(21)25(27)28/h2-11,14H,12-13H2,1H3,(H,24,26). The van der Waals surface area contributed by atoms with Crippen molar-refractivity contribution in [2.45, 2.75) is 0 Å². The van der Waals surface area contributed by atoms with Gasteiger partial charge in [-0.2, -0.15) is 0 Å². The van der Waals surface area contributed by atoms with Crippen LogP contribution in [-0.2, 0) is 0 Å². The number of halogens is 1. The average Bonchev–Trinajstić information content (AvgIpc) is 2.78. The first-order valence-corrected chi connectivity index (χ1v) is 9.61. The van der Waals surface area contributed by atoms with Crippen molar-refractivity contribution in [2.24, 2.45) is 0 Å². The Balaban J connectivity index is 1.63. The molecule has 0 aliphatic rings. The summed E-state index contributed by atoms with van der Waals surface area (Å²) >= 11 is 5.83. The van der Waals surface area contributed by atoms with Gasteiger partial charge in [-0.25, -0.2) is 0 Å². The zero-order valence-corrected chi connectivity index (χ0v) is 17.3. The highest BCUT2D eigenvalue weighted by molar-refractivity contribution is 6.30. The van der Waals surface area contributed by atoms with E-state index in [0.29, 0.717) is 5.75 Å². The number of benzene rings is 3. The summed E-state index contributed by atoms with van der Waals surface area (Å²) < 4.78 is 16.3. The maximum Gasteiger partial charge on any atom is 0.313 e. The third-order valence-corrected chi connectivity index (χ3v) is 4.42. The molecule has 9 heteroatoms. The van der Waals surface area contributed by atoms with E-state index < -0.39 is 10.8 Å². The SMILES string of the molecule is COc1ccc(OCCNC(=O)c2ccccc2Oc2ccc(Cl)cc2[N+](=O)[O-])cc1. The van der Waals surface area contributed by atoms with Crippen molar-refractivity contribution < 1.29 is 23.9 Å².